The van der Waals surface area contributed by atoms with Gasteiger partial charge in [0.25, 0.3) is 0 Å². The lowest BCUT2D eigenvalue weighted by Crippen LogP contribution is -2.32. The molecule has 2 aromatic carbocycles. The maximum absolute atomic E-state index is 12.3. The summed E-state index contributed by atoms with van der Waals surface area (Å²) < 4.78 is 6.06. The zero-order valence-corrected chi connectivity index (χ0v) is 27.8. The van der Waals surface area contributed by atoms with Crippen LogP contribution in [0.3, 0.4) is 0 Å². The fraction of sp³-hybridized carbons (Fsp3) is 0.444. The molecule has 236 valence electrons. The van der Waals surface area contributed by atoms with Crippen LogP contribution < -0.4 is 25.2 Å². The minimum atomic E-state index is 0.0409. The molecule has 3 rings (SSSR count). The van der Waals surface area contributed by atoms with E-state index < -0.39 is 0 Å². The normalized spacial score (nSPS) is 14.6. The molecule has 1 atom stereocenters. The predicted molar refractivity (Wildman–Crippen MR) is 185 cm³/mol. The minimum absolute atomic E-state index is 0.0409. The van der Waals surface area contributed by atoms with Crippen LogP contribution in [0.15, 0.2) is 78.2 Å². The van der Waals surface area contributed by atoms with Crippen molar-refractivity contribution in [1.82, 2.24) is 5.32 Å². The molecule has 1 aliphatic rings. The number of allylic oxidation sites excluding steroid dienone is 3. The molecule has 1 unspecified atom stereocenters. The molecule has 0 spiro atoms. The van der Waals surface area contributed by atoms with Crippen molar-refractivity contribution in [3.63, 3.8) is 0 Å². The summed E-state index contributed by atoms with van der Waals surface area (Å²) in [5.74, 6) is 0.854. The Morgan fingerprint density at radius 1 is 1.14 bits per heavy atom. The second-order valence-corrected chi connectivity index (χ2v) is 9.98. The van der Waals surface area contributed by atoms with Crippen molar-refractivity contribution in [3.8, 4) is 5.75 Å². The molecule has 1 saturated heterocycles. The molecule has 0 aliphatic carbocycles. The minimum Gasteiger partial charge on any atom is -0.492 e. The highest BCUT2D eigenvalue weighted by Gasteiger charge is 2.23. The van der Waals surface area contributed by atoms with Crippen molar-refractivity contribution in [1.29, 1.82) is 0 Å². The standard InChI is InChI=1S/C33H46N4O2.C2H6.CH2O/c1-8-19-34-27-18-20-37(23-27)28-16-17-30(33(22-28)39-11-4)35-24(5)21-32(26(9-2)10-3)36(7)31-15-13-12-14-29(31)25(6)38;2*1-2/h9,12-17,21-22,27,34-35H,5,8,10-11,18-20,23H2,1-4,6-7H3;1-2H3;1H2/b26-9-,32-21+;;. The maximum Gasteiger partial charge on any atom is 0.161 e. The molecule has 43 heavy (non-hydrogen) atoms. The van der Waals surface area contributed by atoms with Gasteiger partial charge in [-0.2, -0.15) is 0 Å². The van der Waals surface area contributed by atoms with Gasteiger partial charge in [-0.1, -0.05) is 52.5 Å². The molecule has 0 saturated carbocycles. The Morgan fingerprint density at radius 2 is 1.84 bits per heavy atom. The molecule has 0 bridgehead atoms. The van der Waals surface area contributed by atoms with Crippen LogP contribution in [0.2, 0.25) is 0 Å². The number of hydrogen-bond donors (Lipinski definition) is 2. The number of para-hydroxylation sites is 1. The third-order valence-electron chi connectivity index (χ3n) is 7.17. The quantitative estimate of drug-likeness (QED) is 0.171. The summed E-state index contributed by atoms with van der Waals surface area (Å²) in [6, 6.07) is 14.6. The zero-order valence-electron chi connectivity index (χ0n) is 27.8. The summed E-state index contributed by atoms with van der Waals surface area (Å²) >= 11 is 0. The smallest absolute Gasteiger partial charge is 0.161 e. The van der Waals surface area contributed by atoms with E-state index in [4.69, 9.17) is 9.53 Å². The summed E-state index contributed by atoms with van der Waals surface area (Å²) in [5.41, 5.74) is 6.51. The lowest BCUT2D eigenvalue weighted by Gasteiger charge is -2.27. The second-order valence-electron chi connectivity index (χ2n) is 9.98. The predicted octanol–water partition coefficient (Wildman–Crippen LogP) is 8.01. The second kappa shape index (κ2) is 20.1. The van der Waals surface area contributed by atoms with E-state index in [1.54, 1.807) is 6.92 Å². The van der Waals surface area contributed by atoms with Gasteiger partial charge in [-0.25, -0.2) is 0 Å². The third-order valence-corrected chi connectivity index (χ3v) is 7.17. The summed E-state index contributed by atoms with van der Waals surface area (Å²) in [7, 11) is 2.00. The first-order valence-corrected chi connectivity index (χ1v) is 15.5. The highest BCUT2D eigenvalue weighted by atomic mass is 16.5. The number of anilines is 3. The van der Waals surface area contributed by atoms with E-state index in [1.165, 1.54) is 11.3 Å². The molecule has 0 radical (unpaired) electrons. The van der Waals surface area contributed by atoms with Crippen LogP contribution in [0, 0.1) is 0 Å². The Morgan fingerprint density at radius 3 is 2.44 bits per heavy atom. The molecule has 1 fully saturated rings. The molecule has 0 aromatic heterocycles. The summed E-state index contributed by atoms with van der Waals surface area (Å²) in [6.45, 7) is 24.0. The lowest BCUT2D eigenvalue weighted by atomic mass is 10.0. The Bertz CT molecular complexity index is 1220. The van der Waals surface area contributed by atoms with E-state index in [2.05, 4.69) is 65.1 Å². The Kier molecular flexibility index (Phi) is 17.4. The van der Waals surface area contributed by atoms with Gasteiger partial charge in [-0.05, 0) is 82.5 Å². The molecule has 1 heterocycles. The lowest BCUT2D eigenvalue weighted by molar-refractivity contribution is -0.0980. The van der Waals surface area contributed by atoms with Crippen LogP contribution in [-0.2, 0) is 4.79 Å². The molecule has 0 amide bonds. The number of carbonyl (C=O) groups is 2. The number of ether oxygens (including phenoxy) is 1. The van der Waals surface area contributed by atoms with Gasteiger partial charge in [0, 0.05) is 54.9 Å². The first-order valence-electron chi connectivity index (χ1n) is 15.5. The van der Waals surface area contributed by atoms with Gasteiger partial charge in [0.1, 0.15) is 12.5 Å². The van der Waals surface area contributed by atoms with Crippen LogP contribution in [0.5, 0.6) is 5.75 Å². The maximum atomic E-state index is 12.3. The van der Waals surface area contributed by atoms with Gasteiger partial charge >= 0.3 is 0 Å². The summed E-state index contributed by atoms with van der Waals surface area (Å²) in [5, 5.41) is 7.12. The highest BCUT2D eigenvalue weighted by Crippen LogP contribution is 2.34. The third kappa shape index (κ3) is 10.7. The van der Waals surface area contributed by atoms with Crippen molar-refractivity contribution < 1.29 is 14.3 Å². The van der Waals surface area contributed by atoms with E-state index in [1.807, 2.05) is 71.9 Å². The average Bonchev–Trinajstić information content (AvgIpc) is 3.51. The largest absolute Gasteiger partial charge is 0.492 e. The van der Waals surface area contributed by atoms with Gasteiger partial charge in [0.15, 0.2) is 5.78 Å². The van der Waals surface area contributed by atoms with Crippen molar-refractivity contribution in [2.75, 3.05) is 48.4 Å². The molecular formula is C36H54N4O3. The van der Waals surface area contributed by atoms with Gasteiger partial charge < -0.3 is 30.0 Å². The molecule has 7 nitrogen and oxygen atoms in total. The SMILES string of the molecule is C=C(/C=C(\C(=C/C)CC)N(C)c1ccccc1C(C)=O)Nc1ccc(N2CCC(NCCC)C2)cc1OCC.C=O.CC. The molecule has 7 heteroatoms. The average molecular weight is 591 g/mol. The summed E-state index contributed by atoms with van der Waals surface area (Å²) in [6.07, 6.45) is 7.32. The molecule has 2 aromatic rings. The molecular weight excluding hydrogens is 536 g/mol. The van der Waals surface area contributed by atoms with Gasteiger partial charge in [-0.3, -0.25) is 4.79 Å². The fourth-order valence-electron chi connectivity index (χ4n) is 5.10. The number of rotatable bonds is 14. The topological polar surface area (TPSA) is 73.9 Å². The molecule has 1 aliphatic heterocycles. The number of hydrogen-bond acceptors (Lipinski definition) is 7. The number of benzene rings is 2. The zero-order chi connectivity index (χ0) is 32.4. The Balaban J connectivity index is 0.00000221. The van der Waals surface area contributed by atoms with Gasteiger partial charge in [0.2, 0.25) is 0 Å². The van der Waals surface area contributed by atoms with Crippen molar-refractivity contribution in [2.45, 2.75) is 73.8 Å². The monoisotopic (exact) mass is 590 g/mol. The van der Waals surface area contributed by atoms with Crippen LogP contribution in [0.4, 0.5) is 17.1 Å². The van der Waals surface area contributed by atoms with E-state index >= 15 is 0 Å². The van der Waals surface area contributed by atoms with Crippen molar-refractivity contribution >= 4 is 29.6 Å². The van der Waals surface area contributed by atoms with Crippen LogP contribution in [0.25, 0.3) is 0 Å². The number of nitrogens with one attached hydrogen (secondary N) is 2. The number of likely N-dealkylation sites (N-methyl/N-ethyl adjacent to an activating group) is 1. The van der Waals surface area contributed by atoms with E-state index in [-0.39, 0.29) is 5.78 Å². The van der Waals surface area contributed by atoms with Gasteiger partial charge in [-0.15, -0.1) is 0 Å². The van der Waals surface area contributed by atoms with E-state index in [0.29, 0.717) is 18.2 Å². The number of Topliss-reactive ketones (excluding diaryl/α,β-unsaturated/α-hetero) is 1. The first-order chi connectivity index (χ1) is 20.8. The highest BCUT2D eigenvalue weighted by molar-refractivity contribution is 6.00. The van der Waals surface area contributed by atoms with Crippen LogP contribution in [-0.4, -0.2) is 51.9 Å². The van der Waals surface area contributed by atoms with Crippen molar-refractivity contribution in [3.05, 3.63) is 83.7 Å². The van der Waals surface area contributed by atoms with Gasteiger partial charge in [0.05, 0.1) is 18.0 Å². The summed E-state index contributed by atoms with van der Waals surface area (Å²) in [4.78, 5) is 24.8. The van der Waals surface area contributed by atoms with Crippen molar-refractivity contribution in [2.24, 2.45) is 0 Å². The number of carbonyl (C=O) groups excluding carboxylic acids is 2. The van der Waals surface area contributed by atoms with Crippen LogP contribution in [0.1, 0.15) is 78.1 Å². The Hall–Kier alpha value is -3.84. The molecule has 2 N–H and O–H groups in total. The number of nitrogens with zero attached hydrogens (tertiary/aromatic N) is 2. The van der Waals surface area contributed by atoms with Crippen LogP contribution >= 0.6 is 0 Å². The first kappa shape index (κ1) is 37.2. The number of ketones is 1. The Labute approximate surface area is 260 Å². The van der Waals surface area contributed by atoms with E-state index in [0.717, 1.165) is 67.4 Å². The van der Waals surface area contributed by atoms with E-state index in [9.17, 15) is 4.79 Å². The fourth-order valence-corrected chi connectivity index (χ4v) is 5.10.